The predicted molar refractivity (Wildman–Crippen MR) is 42.9 cm³/mol. The molecule has 0 aliphatic heterocycles. The maximum atomic E-state index is 11.9. The third-order valence-electron chi connectivity index (χ3n) is 1.09. The largest absolute Gasteiger partial charge is 0.505 e. The van der Waals surface area contributed by atoms with Crippen LogP contribution in [0.25, 0.3) is 0 Å². The summed E-state index contributed by atoms with van der Waals surface area (Å²) < 4.78 is 40.2. The Morgan fingerprint density at radius 2 is 1.77 bits per heavy atom. The van der Waals surface area contributed by atoms with Crippen LogP contribution in [-0.4, -0.2) is 24.5 Å². The molecule has 1 unspecified atom stereocenters. The topological polar surface area (TPSA) is 52.3 Å². The molecule has 2 N–H and O–H groups in total. The van der Waals surface area contributed by atoms with Gasteiger partial charge >= 0.3 is 6.98 Å². The lowest BCUT2D eigenvalue weighted by molar-refractivity contribution is -0.155. The number of halogens is 3. The smallest absolute Gasteiger partial charge is 0.461 e. The van der Waals surface area contributed by atoms with Crippen LogP contribution >= 0.6 is 0 Å². The van der Waals surface area contributed by atoms with Crippen molar-refractivity contribution in [3.8, 4) is 0 Å². The van der Waals surface area contributed by atoms with Crippen LogP contribution in [0.5, 0.6) is 0 Å². The van der Waals surface area contributed by atoms with Crippen LogP contribution in [0.2, 0.25) is 0 Å². The van der Waals surface area contributed by atoms with E-state index in [0.29, 0.717) is 0 Å². The van der Waals surface area contributed by atoms with Crippen molar-refractivity contribution in [3.05, 3.63) is 0 Å². The normalized spacial score (nSPS) is 15.3. The molecular weight excluding hydrogens is 186 g/mol. The Morgan fingerprint density at radius 1 is 1.38 bits per heavy atom. The van der Waals surface area contributed by atoms with Crippen molar-refractivity contribution in [2.75, 3.05) is 0 Å². The maximum Gasteiger partial charge on any atom is 0.505 e. The lowest BCUT2D eigenvalue weighted by Crippen LogP contribution is -2.51. The average Bonchev–Trinajstić information content (AvgIpc) is 1.79. The molecule has 0 fully saturated rings. The molecule has 0 heterocycles. The van der Waals surface area contributed by atoms with Crippen LogP contribution in [-0.2, 0) is 9.53 Å². The Balaban J connectivity index is 4.30. The number of nitrogens with two attached hydrogens (primary N) is 1. The van der Waals surface area contributed by atoms with Gasteiger partial charge in [-0.05, 0) is 20.8 Å². The molecule has 0 radical (unpaired) electrons. The van der Waals surface area contributed by atoms with Crippen molar-refractivity contribution in [1.82, 2.24) is 0 Å². The molecule has 0 aromatic carbocycles. The van der Waals surface area contributed by atoms with Crippen molar-refractivity contribution in [2.45, 2.75) is 32.3 Å². The van der Waals surface area contributed by atoms with Gasteiger partial charge in [-0.15, -0.1) is 0 Å². The van der Waals surface area contributed by atoms with Crippen LogP contribution in [0.1, 0.15) is 20.8 Å². The summed E-state index contributed by atoms with van der Waals surface area (Å²) in [4.78, 5) is 10.8. The number of esters is 1. The molecule has 0 aromatic rings. The zero-order valence-corrected chi connectivity index (χ0v) is 7.68. The van der Waals surface area contributed by atoms with E-state index >= 15 is 0 Å². The van der Waals surface area contributed by atoms with E-state index in [2.05, 4.69) is 10.5 Å². The highest BCUT2D eigenvalue weighted by atomic mass is 19.4. The summed E-state index contributed by atoms with van der Waals surface area (Å²) in [7, 11) is 0. The zero-order valence-electron chi connectivity index (χ0n) is 7.68. The van der Waals surface area contributed by atoms with E-state index in [1.54, 1.807) is 0 Å². The number of ether oxygens (including phenoxy) is 1. The molecule has 0 saturated carbocycles. The first kappa shape index (κ1) is 12.3. The van der Waals surface area contributed by atoms with E-state index in [-0.39, 0.29) is 0 Å². The summed E-state index contributed by atoms with van der Waals surface area (Å²) in [6, 6.07) is 0. The van der Waals surface area contributed by atoms with Crippen LogP contribution in [0.4, 0.5) is 12.9 Å². The second kappa shape index (κ2) is 3.57. The Labute approximate surface area is 74.5 Å². The maximum absolute atomic E-state index is 11.9. The van der Waals surface area contributed by atoms with Gasteiger partial charge in [0.15, 0.2) is 0 Å². The fraction of sp³-hybridized carbons (Fsp3) is 0.833. The third-order valence-corrected chi connectivity index (χ3v) is 1.09. The number of rotatable bonds is 2. The quantitative estimate of drug-likeness (QED) is 0.532. The summed E-state index contributed by atoms with van der Waals surface area (Å²) in [5, 5.41) is 0. The van der Waals surface area contributed by atoms with Gasteiger partial charge in [0.1, 0.15) is 5.60 Å². The highest BCUT2D eigenvalue weighted by Gasteiger charge is 2.39. The van der Waals surface area contributed by atoms with E-state index in [1.165, 1.54) is 20.8 Å². The second-order valence-electron chi connectivity index (χ2n) is 3.68. The van der Waals surface area contributed by atoms with Gasteiger partial charge in [0.05, 0.1) is 5.94 Å². The Kier molecular flexibility index (Phi) is 3.37. The molecule has 0 aliphatic rings. The first-order valence-electron chi connectivity index (χ1n) is 3.72. The van der Waals surface area contributed by atoms with E-state index in [4.69, 9.17) is 0 Å². The van der Waals surface area contributed by atoms with Crippen LogP contribution in [0.3, 0.4) is 0 Å². The first-order valence-corrected chi connectivity index (χ1v) is 3.72. The Hall–Kier alpha value is -0.715. The van der Waals surface area contributed by atoms with Gasteiger partial charge in [0, 0.05) is 0 Å². The van der Waals surface area contributed by atoms with E-state index in [1.807, 2.05) is 0 Å². The number of hydrogen-bond acceptors (Lipinski definition) is 3. The van der Waals surface area contributed by atoms with Gasteiger partial charge in [-0.3, -0.25) is 4.79 Å². The van der Waals surface area contributed by atoms with Gasteiger partial charge in [-0.25, -0.2) is 0 Å². The van der Waals surface area contributed by atoms with Gasteiger partial charge in [0.25, 0.3) is 5.97 Å². The molecule has 0 saturated heterocycles. The standard InChI is InChI=1S/C6H12BF3NO2/c1-6(2,3)13-5(12)4(11)7(8,9)10/h4H,11H2,1-3H3/q-1. The fourth-order valence-electron chi connectivity index (χ4n) is 0.524. The summed E-state index contributed by atoms with van der Waals surface area (Å²) in [6.45, 7) is -0.946. The van der Waals surface area contributed by atoms with Crippen molar-refractivity contribution >= 4 is 12.9 Å². The summed E-state index contributed by atoms with van der Waals surface area (Å²) >= 11 is 0. The Bertz CT molecular complexity index is 199. The molecule has 7 heteroatoms. The molecule has 0 spiro atoms. The van der Waals surface area contributed by atoms with Crippen LogP contribution < -0.4 is 5.73 Å². The first-order chi connectivity index (χ1) is 5.54. The van der Waals surface area contributed by atoms with Gasteiger partial charge in [-0.2, -0.15) is 0 Å². The molecule has 0 bridgehead atoms. The minimum Gasteiger partial charge on any atom is -0.461 e. The minimum atomic E-state index is -5.37. The van der Waals surface area contributed by atoms with Gasteiger partial charge in [0.2, 0.25) is 0 Å². The SMILES string of the molecule is CC(C)(C)OC(=O)C(N)[B-](F)(F)F. The second-order valence-corrected chi connectivity index (χ2v) is 3.68. The fourth-order valence-corrected chi connectivity index (χ4v) is 0.524. The van der Waals surface area contributed by atoms with Crippen molar-refractivity contribution < 1.29 is 22.5 Å². The van der Waals surface area contributed by atoms with Gasteiger partial charge < -0.3 is 23.4 Å². The van der Waals surface area contributed by atoms with Crippen molar-refractivity contribution in [3.63, 3.8) is 0 Å². The number of hydrogen-bond donors (Lipinski definition) is 1. The molecule has 0 amide bonds. The summed E-state index contributed by atoms with van der Waals surface area (Å²) in [5.74, 6) is -3.93. The highest BCUT2D eigenvalue weighted by Crippen LogP contribution is 2.16. The Morgan fingerprint density at radius 3 is 2.00 bits per heavy atom. The molecule has 78 valence electrons. The number of carbonyl (C=O) groups excluding carboxylic acids is 1. The molecule has 0 aliphatic carbocycles. The van der Waals surface area contributed by atoms with Crippen molar-refractivity contribution in [2.24, 2.45) is 5.73 Å². The third kappa shape index (κ3) is 4.77. The van der Waals surface area contributed by atoms with E-state index < -0.39 is 24.5 Å². The minimum absolute atomic E-state index is 0.948. The lowest BCUT2D eigenvalue weighted by atomic mass is 9.80. The molecule has 1 atom stereocenters. The molecule has 13 heavy (non-hydrogen) atoms. The van der Waals surface area contributed by atoms with Crippen LogP contribution in [0.15, 0.2) is 0 Å². The van der Waals surface area contributed by atoms with Crippen LogP contribution in [0, 0.1) is 0 Å². The predicted octanol–water partition coefficient (Wildman–Crippen LogP) is 1.04. The number of carbonyl (C=O) groups is 1. The molecule has 0 aromatic heterocycles. The zero-order chi connectivity index (χ0) is 10.9. The van der Waals surface area contributed by atoms with Crippen molar-refractivity contribution in [1.29, 1.82) is 0 Å². The lowest BCUT2D eigenvalue weighted by Gasteiger charge is -2.26. The summed E-state index contributed by atoms with van der Waals surface area (Å²) in [6.07, 6.45) is 0. The molecule has 0 rings (SSSR count). The average molecular weight is 198 g/mol. The molecule has 3 nitrogen and oxygen atoms in total. The van der Waals surface area contributed by atoms with E-state index in [9.17, 15) is 17.7 Å². The van der Waals surface area contributed by atoms with E-state index in [0.717, 1.165) is 0 Å². The summed E-state index contributed by atoms with van der Waals surface area (Å²) in [5.41, 5.74) is 3.68. The molecular formula is C6H12BF3NO2-. The highest BCUT2D eigenvalue weighted by molar-refractivity contribution is 6.64. The van der Waals surface area contributed by atoms with Gasteiger partial charge in [-0.1, -0.05) is 0 Å². The monoisotopic (exact) mass is 198 g/mol.